The third-order valence-electron chi connectivity index (χ3n) is 3.56. The number of para-hydroxylation sites is 1. The fraction of sp³-hybridized carbons (Fsp3) is 0.471. The van der Waals surface area contributed by atoms with Gasteiger partial charge in [0.15, 0.2) is 0 Å². The number of nitrogens with zero attached hydrogens (tertiary/aromatic N) is 1. The van der Waals surface area contributed by atoms with Crippen LogP contribution in [0.15, 0.2) is 24.3 Å². The number of carbonyl (C=O) groups excluding carboxylic acids is 3. The van der Waals surface area contributed by atoms with Gasteiger partial charge in [-0.15, -0.1) is 12.4 Å². The molecule has 0 bridgehead atoms. The van der Waals surface area contributed by atoms with Crippen molar-refractivity contribution in [2.45, 2.75) is 26.7 Å². The Morgan fingerprint density at radius 3 is 2.32 bits per heavy atom. The average Bonchev–Trinajstić information content (AvgIpc) is 2.59. The maximum absolute atomic E-state index is 12.1. The molecule has 3 amide bonds. The van der Waals surface area contributed by atoms with Crippen molar-refractivity contribution in [3.8, 4) is 0 Å². The van der Waals surface area contributed by atoms with Gasteiger partial charge in [0.2, 0.25) is 11.8 Å². The maximum Gasteiger partial charge on any atom is 0.253 e. The van der Waals surface area contributed by atoms with Crippen molar-refractivity contribution in [2.24, 2.45) is 5.73 Å². The van der Waals surface area contributed by atoms with Gasteiger partial charge in [-0.05, 0) is 26.0 Å². The summed E-state index contributed by atoms with van der Waals surface area (Å²) >= 11 is 0. The highest BCUT2D eigenvalue weighted by Crippen LogP contribution is 2.15. The van der Waals surface area contributed by atoms with Crippen LogP contribution in [0, 0.1) is 0 Å². The smallest absolute Gasteiger partial charge is 0.253 e. The van der Waals surface area contributed by atoms with E-state index in [-0.39, 0.29) is 43.0 Å². The molecule has 1 aromatic rings. The number of benzene rings is 1. The summed E-state index contributed by atoms with van der Waals surface area (Å²) in [6, 6.07) is 6.73. The third kappa shape index (κ3) is 7.53. The molecule has 1 rings (SSSR count). The van der Waals surface area contributed by atoms with Crippen molar-refractivity contribution in [3.05, 3.63) is 29.8 Å². The van der Waals surface area contributed by atoms with E-state index >= 15 is 0 Å². The summed E-state index contributed by atoms with van der Waals surface area (Å²) in [5.74, 6) is -0.644. The Morgan fingerprint density at radius 1 is 1.08 bits per heavy atom. The second kappa shape index (κ2) is 12.3. The Morgan fingerprint density at radius 2 is 1.72 bits per heavy atom. The van der Waals surface area contributed by atoms with Crippen LogP contribution in [0.2, 0.25) is 0 Å². The normalized spacial score (nSPS) is 9.72. The van der Waals surface area contributed by atoms with Crippen molar-refractivity contribution < 1.29 is 14.4 Å². The van der Waals surface area contributed by atoms with Gasteiger partial charge in [0.05, 0.1) is 11.3 Å². The molecule has 0 saturated carbocycles. The molecule has 0 spiro atoms. The van der Waals surface area contributed by atoms with Crippen molar-refractivity contribution >= 4 is 35.8 Å². The van der Waals surface area contributed by atoms with Gasteiger partial charge >= 0.3 is 0 Å². The SMILES string of the molecule is CCN(CC)C(=O)CCC(=O)Nc1ccccc1C(=O)NCCN.Cl. The lowest BCUT2D eigenvalue weighted by molar-refractivity contribution is -0.132. The van der Waals surface area contributed by atoms with Gasteiger partial charge in [0.1, 0.15) is 0 Å². The molecule has 0 aliphatic carbocycles. The van der Waals surface area contributed by atoms with Crippen molar-refractivity contribution in [1.82, 2.24) is 10.2 Å². The third-order valence-corrected chi connectivity index (χ3v) is 3.56. The minimum atomic E-state index is -0.297. The predicted molar refractivity (Wildman–Crippen MR) is 101 cm³/mol. The minimum Gasteiger partial charge on any atom is -0.351 e. The second-order valence-corrected chi connectivity index (χ2v) is 5.20. The topological polar surface area (TPSA) is 105 Å². The zero-order valence-corrected chi connectivity index (χ0v) is 15.5. The first kappa shape index (κ1) is 22.9. The Labute approximate surface area is 154 Å². The largest absolute Gasteiger partial charge is 0.351 e. The molecule has 0 aliphatic rings. The predicted octanol–water partition coefficient (Wildman–Crippen LogP) is 1.38. The van der Waals surface area contributed by atoms with Crippen LogP contribution in [0.5, 0.6) is 0 Å². The lowest BCUT2D eigenvalue weighted by Gasteiger charge is -2.18. The zero-order chi connectivity index (χ0) is 17.9. The summed E-state index contributed by atoms with van der Waals surface area (Å²) in [6.45, 7) is 5.75. The summed E-state index contributed by atoms with van der Waals surface area (Å²) in [4.78, 5) is 37.7. The van der Waals surface area contributed by atoms with Gasteiger partial charge in [-0.1, -0.05) is 12.1 Å². The number of nitrogens with two attached hydrogens (primary N) is 1. The van der Waals surface area contributed by atoms with E-state index < -0.39 is 0 Å². The standard InChI is InChI=1S/C17H26N4O3.ClH/c1-3-21(4-2)16(23)10-9-15(22)20-14-8-6-5-7-13(14)17(24)19-12-11-18;/h5-8H,3-4,9-12,18H2,1-2H3,(H,19,24)(H,20,22);1H. The zero-order valence-electron chi connectivity index (χ0n) is 14.7. The molecule has 0 unspecified atom stereocenters. The monoisotopic (exact) mass is 370 g/mol. The Balaban J connectivity index is 0.00000576. The van der Waals surface area contributed by atoms with E-state index in [1.807, 2.05) is 13.8 Å². The van der Waals surface area contributed by atoms with E-state index in [4.69, 9.17) is 5.73 Å². The number of carbonyl (C=O) groups is 3. The van der Waals surface area contributed by atoms with Crippen molar-refractivity contribution in [1.29, 1.82) is 0 Å². The molecule has 1 aromatic carbocycles. The number of hydrogen-bond acceptors (Lipinski definition) is 4. The van der Waals surface area contributed by atoms with Crippen molar-refractivity contribution in [2.75, 3.05) is 31.5 Å². The van der Waals surface area contributed by atoms with Crippen molar-refractivity contribution in [3.63, 3.8) is 0 Å². The molecule has 0 aliphatic heterocycles. The first-order valence-electron chi connectivity index (χ1n) is 8.18. The fourth-order valence-corrected chi connectivity index (χ4v) is 2.24. The lowest BCUT2D eigenvalue weighted by Crippen LogP contribution is -2.31. The molecule has 0 saturated heterocycles. The van der Waals surface area contributed by atoms with E-state index in [0.717, 1.165) is 0 Å². The van der Waals surface area contributed by atoms with Gasteiger partial charge < -0.3 is 21.3 Å². The van der Waals surface area contributed by atoms with Crippen LogP contribution in [0.1, 0.15) is 37.0 Å². The van der Waals surface area contributed by atoms with Crippen LogP contribution in [0.4, 0.5) is 5.69 Å². The van der Waals surface area contributed by atoms with Gasteiger partial charge in [-0.2, -0.15) is 0 Å². The first-order chi connectivity index (χ1) is 11.5. The number of nitrogens with one attached hydrogen (secondary N) is 2. The molecule has 0 aromatic heterocycles. The van der Waals surface area contributed by atoms with Gasteiger partial charge in [-0.25, -0.2) is 0 Å². The number of hydrogen-bond donors (Lipinski definition) is 3. The van der Waals surface area contributed by atoms with Gasteiger partial charge in [0.25, 0.3) is 5.91 Å². The van der Waals surface area contributed by atoms with E-state index in [2.05, 4.69) is 10.6 Å². The quantitative estimate of drug-likeness (QED) is 0.610. The molecule has 4 N–H and O–H groups in total. The van der Waals surface area contributed by atoms with Crippen LogP contribution in [-0.4, -0.2) is 48.8 Å². The van der Waals surface area contributed by atoms with Crippen LogP contribution >= 0.6 is 12.4 Å². The molecule has 8 heteroatoms. The molecule has 0 heterocycles. The van der Waals surface area contributed by atoms with E-state index in [0.29, 0.717) is 37.4 Å². The number of rotatable bonds is 9. The molecular weight excluding hydrogens is 344 g/mol. The molecule has 140 valence electrons. The molecular formula is C17H27ClN4O3. The Kier molecular flexibility index (Phi) is 11.2. The van der Waals surface area contributed by atoms with Gasteiger partial charge in [0, 0.05) is 39.0 Å². The summed E-state index contributed by atoms with van der Waals surface area (Å²) in [5.41, 5.74) is 6.16. The Hall–Kier alpha value is -2.12. The summed E-state index contributed by atoms with van der Waals surface area (Å²) in [5, 5.41) is 5.36. The highest BCUT2D eigenvalue weighted by molar-refractivity contribution is 6.04. The number of amides is 3. The number of anilines is 1. The van der Waals surface area contributed by atoms with Gasteiger partial charge in [-0.3, -0.25) is 14.4 Å². The maximum atomic E-state index is 12.1. The molecule has 25 heavy (non-hydrogen) atoms. The Bertz CT molecular complexity index is 577. The number of halogens is 1. The molecule has 0 atom stereocenters. The second-order valence-electron chi connectivity index (χ2n) is 5.20. The fourth-order valence-electron chi connectivity index (χ4n) is 2.24. The first-order valence-corrected chi connectivity index (χ1v) is 8.18. The lowest BCUT2D eigenvalue weighted by atomic mass is 10.1. The highest BCUT2D eigenvalue weighted by Gasteiger charge is 2.15. The van der Waals surface area contributed by atoms with E-state index in [9.17, 15) is 14.4 Å². The highest BCUT2D eigenvalue weighted by atomic mass is 35.5. The summed E-state index contributed by atoms with van der Waals surface area (Å²) < 4.78 is 0. The van der Waals surface area contributed by atoms with Crippen LogP contribution in [0.25, 0.3) is 0 Å². The average molecular weight is 371 g/mol. The summed E-state index contributed by atoms with van der Waals surface area (Å²) in [7, 11) is 0. The van der Waals surface area contributed by atoms with E-state index in [1.54, 1.807) is 29.2 Å². The molecule has 0 radical (unpaired) electrons. The summed E-state index contributed by atoms with van der Waals surface area (Å²) in [6.07, 6.45) is 0.225. The van der Waals surface area contributed by atoms with Crippen LogP contribution in [-0.2, 0) is 9.59 Å². The minimum absolute atomic E-state index is 0. The van der Waals surface area contributed by atoms with Crippen LogP contribution in [0.3, 0.4) is 0 Å². The molecule has 7 nitrogen and oxygen atoms in total. The van der Waals surface area contributed by atoms with Crippen LogP contribution < -0.4 is 16.4 Å². The van der Waals surface area contributed by atoms with E-state index in [1.165, 1.54) is 0 Å². The molecule has 0 fully saturated rings.